The largest absolute Gasteiger partial charge is 0.457 e. The fourth-order valence-electron chi connectivity index (χ4n) is 2.05. The average molecular weight is 285 g/mol. The lowest BCUT2D eigenvalue weighted by Gasteiger charge is -2.10. The molecule has 0 unspecified atom stereocenters. The lowest BCUT2D eigenvalue weighted by molar-refractivity contribution is -0.385. The molecule has 21 heavy (non-hydrogen) atoms. The summed E-state index contributed by atoms with van der Waals surface area (Å²) in [7, 11) is 0. The molecule has 0 atom stereocenters. The van der Waals surface area contributed by atoms with Crippen LogP contribution in [-0.2, 0) is 6.42 Å². The molecule has 5 nitrogen and oxygen atoms in total. The van der Waals surface area contributed by atoms with E-state index in [0.717, 1.165) is 12.0 Å². The third kappa shape index (κ3) is 3.25. The van der Waals surface area contributed by atoms with Gasteiger partial charge in [0, 0.05) is 0 Å². The molecule has 0 saturated heterocycles. The molecule has 0 fully saturated rings. The number of nitro benzene ring substituents is 1. The van der Waals surface area contributed by atoms with Gasteiger partial charge in [-0.3, -0.25) is 14.9 Å². The summed E-state index contributed by atoms with van der Waals surface area (Å²) < 4.78 is 5.71. The maximum absolute atomic E-state index is 11.4. The van der Waals surface area contributed by atoms with Crippen LogP contribution < -0.4 is 4.74 Å². The fraction of sp³-hybridized carbons (Fsp3) is 0.188. The predicted octanol–water partition coefficient (Wildman–Crippen LogP) is 4.15. The zero-order chi connectivity index (χ0) is 15.4. The van der Waals surface area contributed by atoms with E-state index in [0.29, 0.717) is 11.5 Å². The van der Waals surface area contributed by atoms with E-state index in [2.05, 4.69) is 0 Å². The summed E-state index contributed by atoms with van der Waals surface area (Å²) in [6.07, 6.45) is 0.795. The van der Waals surface area contributed by atoms with Gasteiger partial charge in [-0.05, 0) is 37.1 Å². The van der Waals surface area contributed by atoms with Crippen LogP contribution in [0.4, 0.5) is 5.69 Å². The fourth-order valence-corrected chi connectivity index (χ4v) is 2.05. The van der Waals surface area contributed by atoms with Gasteiger partial charge in [0.1, 0.15) is 11.5 Å². The summed E-state index contributed by atoms with van der Waals surface area (Å²) in [6.45, 7) is 3.30. The van der Waals surface area contributed by atoms with Crippen LogP contribution in [0.3, 0.4) is 0 Å². The summed E-state index contributed by atoms with van der Waals surface area (Å²) in [6, 6.07) is 11.8. The highest BCUT2D eigenvalue weighted by Crippen LogP contribution is 2.30. The Kier molecular flexibility index (Phi) is 4.33. The smallest absolute Gasteiger partial charge is 0.283 e. The monoisotopic (exact) mass is 285 g/mol. The Morgan fingerprint density at radius 2 is 1.95 bits per heavy atom. The van der Waals surface area contributed by atoms with E-state index in [-0.39, 0.29) is 17.0 Å². The number of hydrogen-bond acceptors (Lipinski definition) is 4. The normalized spacial score (nSPS) is 10.2. The molecule has 2 rings (SSSR count). The van der Waals surface area contributed by atoms with Gasteiger partial charge in [-0.2, -0.15) is 0 Å². The molecule has 0 aliphatic heterocycles. The second-order valence-electron chi connectivity index (χ2n) is 4.56. The number of aryl methyl sites for hydroxylation is 1. The molecule has 0 aromatic heterocycles. The molecule has 0 N–H and O–H groups in total. The molecular weight excluding hydrogens is 270 g/mol. The Labute approximate surface area is 122 Å². The Balaban J connectivity index is 2.39. The molecular formula is C16H15NO4. The quantitative estimate of drug-likeness (QED) is 0.470. The first-order valence-corrected chi connectivity index (χ1v) is 6.58. The van der Waals surface area contributed by atoms with Crippen molar-refractivity contribution in [3.63, 3.8) is 0 Å². The maximum Gasteiger partial charge on any atom is 0.283 e. The Morgan fingerprint density at radius 1 is 1.24 bits per heavy atom. The zero-order valence-electron chi connectivity index (χ0n) is 11.8. The van der Waals surface area contributed by atoms with Gasteiger partial charge in [-0.25, -0.2) is 0 Å². The van der Waals surface area contributed by atoms with Gasteiger partial charge < -0.3 is 4.74 Å². The predicted molar refractivity (Wildman–Crippen MR) is 79.0 cm³/mol. The molecule has 0 aliphatic rings. The molecule has 0 saturated carbocycles. The minimum absolute atomic E-state index is 0.0797. The number of hydrogen-bond donors (Lipinski definition) is 0. The van der Waals surface area contributed by atoms with E-state index in [9.17, 15) is 14.9 Å². The van der Waals surface area contributed by atoms with Crippen molar-refractivity contribution in [2.24, 2.45) is 0 Å². The van der Waals surface area contributed by atoms with Crippen LogP contribution in [0, 0.1) is 10.1 Å². The Bertz CT molecular complexity index is 694. The molecule has 5 heteroatoms. The average Bonchev–Trinajstić information content (AvgIpc) is 2.47. The van der Waals surface area contributed by atoms with Crippen LogP contribution >= 0.6 is 0 Å². The zero-order valence-corrected chi connectivity index (χ0v) is 11.8. The number of ketones is 1. The molecule has 0 heterocycles. The first-order chi connectivity index (χ1) is 10.0. The minimum atomic E-state index is -0.574. The van der Waals surface area contributed by atoms with E-state index in [4.69, 9.17) is 4.74 Å². The van der Waals surface area contributed by atoms with Crippen LogP contribution in [0.15, 0.2) is 42.5 Å². The van der Waals surface area contributed by atoms with E-state index >= 15 is 0 Å². The van der Waals surface area contributed by atoms with E-state index in [1.165, 1.54) is 19.1 Å². The third-order valence-corrected chi connectivity index (χ3v) is 3.13. The number of carbonyl (C=O) groups excluding carboxylic acids is 1. The second-order valence-corrected chi connectivity index (χ2v) is 4.56. The summed E-state index contributed by atoms with van der Waals surface area (Å²) in [5.41, 5.74) is 0.848. The van der Waals surface area contributed by atoms with Gasteiger partial charge in [0.25, 0.3) is 5.69 Å². The van der Waals surface area contributed by atoms with Gasteiger partial charge in [-0.15, -0.1) is 0 Å². The van der Waals surface area contributed by atoms with Gasteiger partial charge in [-0.1, -0.05) is 25.1 Å². The molecule has 2 aromatic rings. The van der Waals surface area contributed by atoms with Crippen LogP contribution in [0.25, 0.3) is 0 Å². The summed E-state index contributed by atoms with van der Waals surface area (Å²) in [5.74, 6) is 0.652. The van der Waals surface area contributed by atoms with Crippen molar-refractivity contribution in [1.82, 2.24) is 0 Å². The second kappa shape index (κ2) is 6.17. The third-order valence-electron chi connectivity index (χ3n) is 3.13. The standard InChI is InChI=1S/C16H15NO4/c1-3-12-6-4-5-7-16(12)21-13-8-9-14(11(2)18)15(10-13)17(19)20/h4-10H,3H2,1-2H3. The van der Waals surface area contributed by atoms with Crippen LogP contribution in [0.1, 0.15) is 29.8 Å². The summed E-state index contributed by atoms with van der Waals surface area (Å²) in [5, 5.41) is 11.1. The van der Waals surface area contributed by atoms with E-state index < -0.39 is 4.92 Å². The van der Waals surface area contributed by atoms with Crippen molar-refractivity contribution in [2.75, 3.05) is 0 Å². The molecule has 0 spiro atoms. The lowest BCUT2D eigenvalue weighted by atomic mass is 10.1. The minimum Gasteiger partial charge on any atom is -0.457 e. The number of benzene rings is 2. The first kappa shape index (κ1) is 14.7. The van der Waals surface area contributed by atoms with E-state index in [1.54, 1.807) is 6.07 Å². The van der Waals surface area contributed by atoms with Crippen molar-refractivity contribution in [3.8, 4) is 11.5 Å². The summed E-state index contributed by atoms with van der Waals surface area (Å²) >= 11 is 0. The number of carbonyl (C=O) groups is 1. The van der Waals surface area contributed by atoms with E-state index in [1.807, 2.05) is 31.2 Å². The van der Waals surface area contributed by atoms with Gasteiger partial charge in [0.2, 0.25) is 0 Å². The van der Waals surface area contributed by atoms with Crippen LogP contribution in [0.2, 0.25) is 0 Å². The molecule has 108 valence electrons. The van der Waals surface area contributed by atoms with Gasteiger partial charge in [0.05, 0.1) is 16.6 Å². The molecule has 0 radical (unpaired) electrons. The van der Waals surface area contributed by atoms with Gasteiger partial charge >= 0.3 is 0 Å². The SMILES string of the molecule is CCc1ccccc1Oc1ccc(C(C)=O)c([N+](=O)[O-])c1. The van der Waals surface area contributed by atoms with Gasteiger partial charge in [0.15, 0.2) is 5.78 Å². The number of para-hydroxylation sites is 1. The highest BCUT2D eigenvalue weighted by molar-refractivity contribution is 5.98. The Hall–Kier alpha value is -2.69. The lowest BCUT2D eigenvalue weighted by Crippen LogP contribution is -2.00. The highest BCUT2D eigenvalue weighted by Gasteiger charge is 2.18. The number of rotatable bonds is 5. The van der Waals surface area contributed by atoms with Crippen molar-refractivity contribution in [2.45, 2.75) is 20.3 Å². The maximum atomic E-state index is 11.4. The van der Waals surface area contributed by atoms with Crippen molar-refractivity contribution < 1.29 is 14.5 Å². The number of nitro groups is 1. The number of Topliss-reactive ketones (excluding diaryl/α,β-unsaturated/α-hetero) is 1. The molecule has 0 amide bonds. The first-order valence-electron chi connectivity index (χ1n) is 6.58. The van der Waals surface area contributed by atoms with Crippen LogP contribution in [0.5, 0.6) is 11.5 Å². The highest BCUT2D eigenvalue weighted by atomic mass is 16.6. The molecule has 2 aromatic carbocycles. The molecule has 0 aliphatic carbocycles. The summed E-state index contributed by atoms with van der Waals surface area (Å²) in [4.78, 5) is 21.9. The topological polar surface area (TPSA) is 69.4 Å². The van der Waals surface area contributed by atoms with Crippen LogP contribution in [-0.4, -0.2) is 10.7 Å². The number of nitrogens with zero attached hydrogens (tertiary/aromatic N) is 1. The Morgan fingerprint density at radius 3 is 2.57 bits per heavy atom. The van der Waals surface area contributed by atoms with Crippen molar-refractivity contribution in [3.05, 3.63) is 63.7 Å². The van der Waals surface area contributed by atoms with Crippen molar-refractivity contribution in [1.29, 1.82) is 0 Å². The molecule has 0 bridgehead atoms. The van der Waals surface area contributed by atoms with Crippen molar-refractivity contribution >= 4 is 11.5 Å². The number of ether oxygens (including phenoxy) is 1.